The molecule has 16 heavy (non-hydrogen) atoms. The Labute approximate surface area is 94.1 Å². The number of ether oxygens (including phenoxy) is 1. The van der Waals surface area contributed by atoms with Crippen LogP contribution in [-0.4, -0.2) is 12.1 Å². The lowest BCUT2D eigenvalue weighted by atomic mass is 10.1. The lowest BCUT2D eigenvalue weighted by molar-refractivity contribution is 0.415. The molecular formula is C12H14N2O2. The van der Waals surface area contributed by atoms with E-state index in [0.29, 0.717) is 12.4 Å². The van der Waals surface area contributed by atoms with E-state index in [1.54, 1.807) is 7.11 Å². The van der Waals surface area contributed by atoms with Crippen molar-refractivity contribution >= 4 is 0 Å². The summed E-state index contributed by atoms with van der Waals surface area (Å²) in [5.74, 6) is 2.12. The maximum atomic E-state index is 5.49. The van der Waals surface area contributed by atoms with E-state index in [-0.39, 0.29) is 0 Å². The average Bonchev–Trinajstić information content (AvgIpc) is 2.71. The summed E-state index contributed by atoms with van der Waals surface area (Å²) in [6, 6.07) is 7.70. The highest BCUT2D eigenvalue weighted by molar-refractivity contribution is 5.62. The van der Waals surface area contributed by atoms with Crippen LogP contribution in [0.2, 0.25) is 0 Å². The molecule has 0 radical (unpaired) electrons. The lowest BCUT2D eigenvalue weighted by Crippen LogP contribution is -1.95. The Balaban J connectivity index is 2.45. The molecular weight excluding hydrogens is 204 g/mol. The van der Waals surface area contributed by atoms with Gasteiger partial charge in [0.15, 0.2) is 0 Å². The molecule has 84 valence electrons. The number of oxazole rings is 1. The highest BCUT2D eigenvalue weighted by Gasteiger charge is 2.10. The molecule has 0 amide bonds. The topological polar surface area (TPSA) is 61.3 Å². The third-order valence-electron chi connectivity index (χ3n) is 2.36. The van der Waals surface area contributed by atoms with E-state index >= 15 is 0 Å². The number of nitrogens with two attached hydrogens (primary N) is 1. The van der Waals surface area contributed by atoms with Crippen molar-refractivity contribution in [1.82, 2.24) is 4.98 Å². The third-order valence-corrected chi connectivity index (χ3v) is 2.36. The van der Waals surface area contributed by atoms with E-state index in [1.165, 1.54) is 0 Å². The molecule has 1 aromatic carbocycles. The van der Waals surface area contributed by atoms with E-state index in [4.69, 9.17) is 14.9 Å². The second kappa shape index (κ2) is 4.37. The van der Waals surface area contributed by atoms with Crippen molar-refractivity contribution in [2.24, 2.45) is 5.73 Å². The van der Waals surface area contributed by atoms with Gasteiger partial charge in [0.2, 0.25) is 5.89 Å². The van der Waals surface area contributed by atoms with Crippen molar-refractivity contribution < 1.29 is 9.15 Å². The minimum atomic E-state index is 0.310. The largest absolute Gasteiger partial charge is 0.497 e. The number of nitrogens with zero attached hydrogens (tertiary/aromatic N) is 1. The quantitative estimate of drug-likeness (QED) is 0.857. The summed E-state index contributed by atoms with van der Waals surface area (Å²) in [4.78, 5) is 4.33. The molecule has 2 rings (SSSR count). The molecule has 1 heterocycles. The number of rotatable bonds is 3. The predicted molar refractivity (Wildman–Crippen MR) is 61.1 cm³/mol. The maximum Gasteiger partial charge on any atom is 0.208 e. The number of methoxy groups -OCH3 is 1. The first-order valence-corrected chi connectivity index (χ1v) is 5.05. The second-order valence-corrected chi connectivity index (χ2v) is 3.45. The van der Waals surface area contributed by atoms with Crippen molar-refractivity contribution in [3.63, 3.8) is 0 Å². The Morgan fingerprint density at radius 3 is 2.88 bits per heavy atom. The smallest absolute Gasteiger partial charge is 0.208 e. The Bertz CT molecular complexity index is 492. The number of aromatic nitrogens is 1. The molecule has 4 nitrogen and oxygen atoms in total. The molecule has 0 atom stereocenters. The van der Waals surface area contributed by atoms with E-state index in [2.05, 4.69) is 4.98 Å². The summed E-state index contributed by atoms with van der Waals surface area (Å²) in [6.07, 6.45) is 0. The van der Waals surface area contributed by atoms with Gasteiger partial charge in [-0.15, -0.1) is 0 Å². The van der Waals surface area contributed by atoms with Crippen molar-refractivity contribution in [3.8, 4) is 17.0 Å². The van der Waals surface area contributed by atoms with E-state index in [0.717, 1.165) is 22.8 Å². The molecule has 0 saturated carbocycles. The Kier molecular flexibility index (Phi) is 2.92. The van der Waals surface area contributed by atoms with Crippen LogP contribution in [0.25, 0.3) is 11.3 Å². The normalized spacial score (nSPS) is 10.4. The summed E-state index contributed by atoms with van der Waals surface area (Å²) in [6.45, 7) is 2.19. The molecule has 0 aliphatic heterocycles. The molecule has 0 aliphatic carbocycles. The van der Waals surface area contributed by atoms with Gasteiger partial charge in [-0.2, -0.15) is 0 Å². The highest BCUT2D eigenvalue weighted by Crippen LogP contribution is 2.26. The molecule has 0 fully saturated rings. The van der Waals surface area contributed by atoms with Crippen LogP contribution >= 0.6 is 0 Å². The molecule has 0 saturated heterocycles. The zero-order chi connectivity index (χ0) is 11.5. The molecule has 4 heteroatoms. The molecule has 0 aliphatic rings. The van der Waals surface area contributed by atoms with Gasteiger partial charge in [0.25, 0.3) is 0 Å². The first-order chi connectivity index (χ1) is 7.74. The first-order valence-electron chi connectivity index (χ1n) is 5.05. The van der Waals surface area contributed by atoms with Gasteiger partial charge in [-0.25, -0.2) is 4.98 Å². The Morgan fingerprint density at radius 1 is 1.44 bits per heavy atom. The van der Waals surface area contributed by atoms with Crippen molar-refractivity contribution in [1.29, 1.82) is 0 Å². The van der Waals surface area contributed by atoms with Gasteiger partial charge in [0.1, 0.15) is 17.2 Å². The second-order valence-electron chi connectivity index (χ2n) is 3.45. The van der Waals surface area contributed by atoms with Gasteiger partial charge in [-0.05, 0) is 19.1 Å². The van der Waals surface area contributed by atoms with E-state index in [1.807, 2.05) is 31.2 Å². The monoisotopic (exact) mass is 218 g/mol. The van der Waals surface area contributed by atoms with Gasteiger partial charge in [-0.1, -0.05) is 12.1 Å². The van der Waals surface area contributed by atoms with Crippen LogP contribution in [-0.2, 0) is 6.54 Å². The van der Waals surface area contributed by atoms with Crippen LogP contribution in [0.3, 0.4) is 0 Å². The Morgan fingerprint density at radius 2 is 2.25 bits per heavy atom. The highest BCUT2D eigenvalue weighted by atomic mass is 16.5. The van der Waals surface area contributed by atoms with Gasteiger partial charge >= 0.3 is 0 Å². The van der Waals surface area contributed by atoms with E-state index in [9.17, 15) is 0 Å². The van der Waals surface area contributed by atoms with Crippen LogP contribution < -0.4 is 10.5 Å². The fourth-order valence-electron chi connectivity index (χ4n) is 1.58. The molecule has 2 aromatic rings. The molecule has 2 N–H and O–H groups in total. The number of benzene rings is 1. The van der Waals surface area contributed by atoms with Crippen molar-refractivity contribution in [3.05, 3.63) is 35.9 Å². The zero-order valence-corrected chi connectivity index (χ0v) is 9.36. The van der Waals surface area contributed by atoms with Gasteiger partial charge < -0.3 is 14.9 Å². The zero-order valence-electron chi connectivity index (χ0n) is 9.36. The fraction of sp³-hybridized carbons (Fsp3) is 0.250. The number of aryl methyl sites for hydroxylation is 1. The minimum absolute atomic E-state index is 0.310. The van der Waals surface area contributed by atoms with Crippen molar-refractivity contribution in [2.75, 3.05) is 7.11 Å². The van der Waals surface area contributed by atoms with Gasteiger partial charge in [0.05, 0.1) is 13.7 Å². The average molecular weight is 218 g/mol. The van der Waals surface area contributed by atoms with Gasteiger partial charge in [0, 0.05) is 5.56 Å². The molecule has 0 bridgehead atoms. The summed E-state index contributed by atoms with van der Waals surface area (Å²) in [5, 5.41) is 0. The molecule has 0 spiro atoms. The van der Waals surface area contributed by atoms with Crippen LogP contribution in [0.4, 0.5) is 0 Å². The Hall–Kier alpha value is -1.81. The van der Waals surface area contributed by atoms with E-state index < -0.39 is 0 Å². The van der Waals surface area contributed by atoms with Crippen LogP contribution in [0, 0.1) is 6.92 Å². The van der Waals surface area contributed by atoms with Crippen LogP contribution in [0.1, 0.15) is 11.7 Å². The standard InChI is InChI=1S/C12H14N2O2/c1-8-12(14-11(7-13)16-8)9-4-3-5-10(6-9)15-2/h3-6H,7,13H2,1-2H3. The number of hydrogen-bond acceptors (Lipinski definition) is 4. The summed E-state index contributed by atoms with van der Waals surface area (Å²) in [5.41, 5.74) is 7.28. The summed E-state index contributed by atoms with van der Waals surface area (Å²) in [7, 11) is 1.64. The van der Waals surface area contributed by atoms with Crippen molar-refractivity contribution in [2.45, 2.75) is 13.5 Å². The van der Waals surface area contributed by atoms with Crippen LogP contribution in [0.5, 0.6) is 5.75 Å². The SMILES string of the molecule is COc1cccc(-c2nc(CN)oc2C)c1. The van der Waals surface area contributed by atoms with Gasteiger partial charge in [-0.3, -0.25) is 0 Å². The van der Waals surface area contributed by atoms with Crippen LogP contribution in [0.15, 0.2) is 28.7 Å². The first kappa shape index (κ1) is 10.7. The fourth-order valence-corrected chi connectivity index (χ4v) is 1.58. The maximum absolute atomic E-state index is 5.49. The predicted octanol–water partition coefficient (Wildman–Crippen LogP) is 2.12. The third kappa shape index (κ3) is 1.92. The summed E-state index contributed by atoms with van der Waals surface area (Å²) >= 11 is 0. The molecule has 0 unspecified atom stereocenters. The number of hydrogen-bond donors (Lipinski definition) is 1. The summed E-state index contributed by atoms with van der Waals surface area (Å²) < 4.78 is 10.6. The minimum Gasteiger partial charge on any atom is -0.497 e. The lowest BCUT2D eigenvalue weighted by Gasteiger charge is -2.01. The molecule has 1 aromatic heterocycles.